The Kier molecular flexibility index (Phi) is 5.15. The summed E-state index contributed by atoms with van der Waals surface area (Å²) in [5.74, 6) is 0.678. The molecule has 1 aromatic rings. The third kappa shape index (κ3) is 4.32. The molecule has 1 aliphatic carbocycles. The first-order valence-electron chi connectivity index (χ1n) is 7.31. The van der Waals surface area contributed by atoms with Crippen molar-refractivity contribution >= 4 is 5.91 Å². The van der Waals surface area contributed by atoms with Gasteiger partial charge >= 0.3 is 0 Å². The lowest BCUT2D eigenvalue weighted by atomic mass is 10.1. The number of carbonyl (C=O) groups is 1. The van der Waals surface area contributed by atoms with Crippen molar-refractivity contribution in [1.82, 2.24) is 10.2 Å². The first-order chi connectivity index (χ1) is 9.58. The van der Waals surface area contributed by atoms with E-state index in [0.29, 0.717) is 19.0 Å². The molecule has 1 amide bonds. The van der Waals surface area contributed by atoms with Crippen LogP contribution in [0.3, 0.4) is 0 Å². The van der Waals surface area contributed by atoms with Crippen molar-refractivity contribution in [3.05, 3.63) is 35.9 Å². The Bertz CT molecular complexity index is 427. The molecular formula is C16H25N3O. The number of carbonyl (C=O) groups excluding carboxylic acids is 1. The summed E-state index contributed by atoms with van der Waals surface area (Å²) in [7, 11) is 4.14. The predicted molar refractivity (Wildman–Crippen MR) is 81.3 cm³/mol. The van der Waals surface area contributed by atoms with E-state index in [-0.39, 0.29) is 5.91 Å². The zero-order valence-electron chi connectivity index (χ0n) is 12.4. The lowest BCUT2D eigenvalue weighted by molar-refractivity contribution is -0.122. The van der Waals surface area contributed by atoms with Gasteiger partial charge in [-0.15, -0.1) is 0 Å². The highest BCUT2D eigenvalue weighted by molar-refractivity contribution is 5.81. The molecule has 0 bridgehead atoms. The van der Waals surface area contributed by atoms with Crippen LogP contribution in [0.1, 0.15) is 18.4 Å². The first-order valence-corrected chi connectivity index (χ1v) is 7.31. The highest BCUT2D eigenvalue weighted by atomic mass is 16.2. The van der Waals surface area contributed by atoms with Gasteiger partial charge in [-0.05, 0) is 44.8 Å². The summed E-state index contributed by atoms with van der Waals surface area (Å²) in [5.41, 5.74) is 7.08. The van der Waals surface area contributed by atoms with Crippen LogP contribution >= 0.6 is 0 Å². The van der Waals surface area contributed by atoms with Crippen LogP contribution in [-0.4, -0.2) is 43.5 Å². The van der Waals surface area contributed by atoms with Crippen molar-refractivity contribution in [3.8, 4) is 0 Å². The summed E-state index contributed by atoms with van der Waals surface area (Å²) in [4.78, 5) is 14.3. The Morgan fingerprint density at radius 1 is 1.35 bits per heavy atom. The van der Waals surface area contributed by atoms with E-state index in [4.69, 9.17) is 5.73 Å². The van der Waals surface area contributed by atoms with Crippen molar-refractivity contribution in [2.75, 3.05) is 20.6 Å². The number of likely N-dealkylation sites (N-methyl/N-ethyl adjacent to an activating group) is 1. The fraction of sp³-hybridized carbons (Fsp3) is 0.562. The van der Waals surface area contributed by atoms with Gasteiger partial charge in [0.05, 0.1) is 6.04 Å². The molecule has 0 radical (unpaired) electrons. The number of nitrogens with two attached hydrogens (primary N) is 1. The normalized spacial score (nSPS) is 17.8. The summed E-state index contributed by atoms with van der Waals surface area (Å²) in [6, 6.07) is 9.86. The summed E-state index contributed by atoms with van der Waals surface area (Å²) >= 11 is 0. The molecule has 2 unspecified atom stereocenters. The Morgan fingerprint density at radius 3 is 2.55 bits per heavy atom. The molecule has 110 valence electrons. The van der Waals surface area contributed by atoms with Crippen LogP contribution < -0.4 is 11.1 Å². The average Bonchev–Trinajstić information content (AvgIpc) is 3.24. The molecule has 20 heavy (non-hydrogen) atoms. The monoisotopic (exact) mass is 275 g/mol. The molecule has 1 aromatic carbocycles. The van der Waals surface area contributed by atoms with Gasteiger partial charge in [-0.25, -0.2) is 0 Å². The SMILES string of the molecule is CN(C)C(CNC(=O)C(N)Cc1ccccc1)C1CC1. The highest BCUT2D eigenvalue weighted by Gasteiger charge is 2.32. The lowest BCUT2D eigenvalue weighted by Crippen LogP contribution is -2.47. The largest absolute Gasteiger partial charge is 0.353 e. The second-order valence-corrected chi connectivity index (χ2v) is 5.91. The number of nitrogens with one attached hydrogen (secondary N) is 1. The van der Waals surface area contributed by atoms with E-state index in [1.54, 1.807) is 0 Å². The Labute approximate surface area is 121 Å². The Morgan fingerprint density at radius 2 is 2.00 bits per heavy atom. The van der Waals surface area contributed by atoms with E-state index in [9.17, 15) is 4.79 Å². The topological polar surface area (TPSA) is 58.4 Å². The van der Waals surface area contributed by atoms with Gasteiger partial charge in [0, 0.05) is 12.6 Å². The molecule has 2 rings (SSSR count). The molecule has 0 saturated heterocycles. The minimum Gasteiger partial charge on any atom is -0.353 e. The van der Waals surface area contributed by atoms with Crippen molar-refractivity contribution in [3.63, 3.8) is 0 Å². The number of hydrogen-bond donors (Lipinski definition) is 2. The van der Waals surface area contributed by atoms with Crippen LogP contribution in [0.25, 0.3) is 0 Å². The molecule has 4 nitrogen and oxygen atoms in total. The number of hydrogen-bond acceptors (Lipinski definition) is 3. The second kappa shape index (κ2) is 6.86. The quantitative estimate of drug-likeness (QED) is 0.781. The molecular weight excluding hydrogens is 250 g/mol. The van der Waals surface area contributed by atoms with Crippen molar-refractivity contribution in [2.45, 2.75) is 31.3 Å². The van der Waals surface area contributed by atoms with E-state index < -0.39 is 6.04 Å². The van der Waals surface area contributed by atoms with E-state index in [1.165, 1.54) is 12.8 Å². The summed E-state index contributed by atoms with van der Waals surface area (Å²) < 4.78 is 0. The number of benzene rings is 1. The van der Waals surface area contributed by atoms with E-state index in [0.717, 1.165) is 11.5 Å². The van der Waals surface area contributed by atoms with Crippen LogP contribution in [0.4, 0.5) is 0 Å². The third-order valence-corrected chi connectivity index (χ3v) is 3.95. The average molecular weight is 275 g/mol. The van der Waals surface area contributed by atoms with Crippen LogP contribution in [0.5, 0.6) is 0 Å². The van der Waals surface area contributed by atoms with Gasteiger partial charge in [0.25, 0.3) is 0 Å². The Hall–Kier alpha value is -1.39. The minimum absolute atomic E-state index is 0.0543. The van der Waals surface area contributed by atoms with Crippen LogP contribution in [-0.2, 0) is 11.2 Å². The van der Waals surface area contributed by atoms with Crippen LogP contribution in [0.15, 0.2) is 30.3 Å². The summed E-state index contributed by atoms with van der Waals surface area (Å²) in [6.07, 6.45) is 3.13. The van der Waals surface area contributed by atoms with Gasteiger partial charge in [-0.3, -0.25) is 4.79 Å². The highest BCUT2D eigenvalue weighted by Crippen LogP contribution is 2.34. The smallest absolute Gasteiger partial charge is 0.237 e. The first kappa shape index (κ1) is 15.0. The second-order valence-electron chi connectivity index (χ2n) is 5.91. The molecule has 0 aromatic heterocycles. The molecule has 1 aliphatic rings. The van der Waals surface area contributed by atoms with Gasteiger partial charge in [0.1, 0.15) is 0 Å². The molecule has 0 heterocycles. The zero-order chi connectivity index (χ0) is 14.5. The van der Waals surface area contributed by atoms with Gasteiger partial charge in [0.15, 0.2) is 0 Å². The maximum atomic E-state index is 12.1. The molecule has 2 atom stereocenters. The standard InChI is InChI=1S/C16H25N3O/c1-19(2)15(13-8-9-13)11-18-16(20)14(17)10-12-6-4-3-5-7-12/h3-7,13-15H,8-11,17H2,1-2H3,(H,18,20). The molecule has 1 fully saturated rings. The fourth-order valence-electron chi connectivity index (χ4n) is 2.55. The van der Waals surface area contributed by atoms with E-state index in [1.807, 2.05) is 30.3 Å². The van der Waals surface area contributed by atoms with Gasteiger partial charge in [0.2, 0.25) is 5.91 Å². The maximum absolute atomic E-state index is 12.1. The third-order valence-electron chi connectivity index (χ3n) is 3.95. The fourth-order valence-corrected chi connectivity index (χ4v) is 2.55. The molecule has 1 saturated carbocycles. The Balaban J connectivity index is 1.79. The number of rotatable bonds is 7. The van der Waals surface area contributed by atoms with Crippen molar-refractivity contribution in [1.29, 1.82) is 0 Å². The molecule has 0 spiro atoms. The summed E-state index contributed by atoms with van der Waals surface area (Å²) in [5, 5.41) is 3.00. The van der Waals surface area contributed by atoms with Crippen LogP contribution in [0.2, 0.25) is 0 Å². The minimum atomic E-state index is -0.473. The molecule has 4 heteroatoms. The van der Waals surface area contributed by atoms with Gasteiger partial charge < -0.3 is 16.0 Å². The van der Waals surface area contributed by atoms with Gasteiger partial charge in [-0.1, -0.05) is 30.3 Å². The lowest BCUT2D eigenvalue weighted by Gasteiger charge is -2.25. The predicted octanol–water partition coefficient (Wildman–Crippen LogP) is 1.01. The summed E-state index contributed by atoms with van der Waals surface area (Å²) in [6.45, 7) is 0.693. The number of nitrogens with zero attached hydrogens (tertiary/aromatic N) is 1. The van der Waals surface area contributed by atoms with Crippen molar-refractivity contribution < 1.29 is 4.79 Å². The molecule has 0 aliphatic heterocycles. The maximum Gasteiger partial charge on any atom is 0.237 e. The van der Waals surface area contributed by atoms with E-state index in [2.05, 4.69) is 24.3 Å². The van der Waals surface area contributed by atoms with Gasteiger partial charge in [-0.2, -0.15) is 0 Å². The number of amides is 1. The molecule has 3 N–H and O–H groups in total. The van der Waals surface area contributed by atoms with Crippen LogP contribution in [0, 0.1) is 5.92 Å². The van der Waals surface area contributed by atoms with E-state index >= 15 is 0 Å². The zero-order valence-corrected chi connectivity index (χ0v) is 12.4. The van der Waals surface area contributed by atoms with Crippen molar-refractivity contribution in [2.24, 2.45) is 11.7 Å².